The molecule has 0 bridgehead atoms. The summed E-state index contributed by atoms with van der Waals surface area (Å²) in [7, 11) is 0. The van der Waals surface area contributed by atoms with Crippen molar-refractivity contribution in [3.8, 4) is 5.69 Å². The fourth-order valence-corrected chi connectivity index (χ4v) is 2.03. The van der Waals surface area contributed by atoms with Crippen LogP contribution in [-0.2, 0) is 6.18 Å². The molecule has 8 heteroatoms. The molecular weight excluding hydrogens is 325 g/mol. The number of aromatic nitrogens is 2. The molecule has 0 spiro atoms. The highest BCUT2D eigenvalue weighted by Gasteiger charge is 2.33. The van der Waals surface area contributed by atoms with E-state index in [1.807, 2.05) is 0 Å². The van der Waals surface area contributed by atoms with Gasteiger partial charge in [-0.25, -0.2) is 4.68 Å². The van der Waals surface area contributed by atoms with Crippen LogP contribution in [0.25, 0.3) is 5.69 Å². The fraction of sp³-hybridized carbons (Fsp3) is 0.0909. The van der Waals surface area contributed by atoms with Crippen molar-refractivity contribution in [2.75, 3.05) is 0 Å². The molecule has 3 N–H and O–H groups in total. The lowest BCUT2D eigenvalue weighted by Gasteiger charge is -2.07. The maximum absolute atomic E-state index is 12.5. The van der Waals surface area contributed by atoms with Crippen molar-refractivity contribution in [1.29, 1.82) is 5.41 Å². The molecule has 19 heavy (non-hydrogen) atoms. The smallest absolute Gasteiger partial charge is 0.384 e. The number of rotatable bonds is 2. The number of amidine groups is 1. The number of nitrogens with zero attached hydrogens (tertiary/aromatic N) is 2. The zero-order valence-corrected chi connectivity index (χ0v) is 11.0. The predicted molar refractivity (Wildman–Crippen MR) is 67.3 cm³/mol. The number of hydrogen-bond acceptors (Lipinski definition) is 2. The van der Waals surface area contributed by atoms with Crippen LogP contribution in [0.2, 0.25) is 0 Å². The summed E-state index contributed by atoms with van der Waals surface area (Å²) >= 11 is 3.22. The van der Waals surface area contributed by atoms with Gasteiger partial charge in [0.25, 0.3) is 0 Å². The van der Waals surface area contributed by atoms with Gasteiger partial charge in [0.1, 0.15) is 5.84 Å². The molecule has 0 amide bonds. The average molecular weight is 333 g/mol. The number of alkyl halides is 3. The van der Waals surface area contributed by atoms with Crippen molar-refractivity contribution < 1.29 is 13.2 Å². The van der Waals surface area contributed by atoms with Crippen molar-refractivity contribution in [3.63, 3.8) is 0 Å². The SMILES string of the molecule is N=C(N)c1ccc(-n2ccc(C(F)(F)F)n2)c(Br)c1. The molecule has 100 valence electrons. The first kappa shape index (κ1) is 13.6. The predicted octanol–water partition coefficient (Wildman–Crippen LogP) is 2.94. The van der Waals surface area contributed by atoms with E-state index < -0.39 is 11.9 Å². The Morgan fingerprint density at radius 1 is 1.32 bits per heavy atom. The van der Waals surface area contributed by atoms with Crippen molar-refractivity contribution >= 4 is 21.8 Å². The van der Waals surface area contributed by atoms with E-state index in [0.29, 0.717) is 15.7 Å². The Morgan fingerprint density at radius 3 is 2.47 bits per heavy atom. The van der Waals surface area contributed by atoms with Gasteiger partial charge in [-0.1, -0.05) is 0 Å². The second-order valence-corrected chi connectivity index (χ2v) is 4.58. The van der Waals surface area contributed by atoms with Gasteiger partial charge in [0, 0.05) is 16.2 Å². The zero-order chi connectivity index (χ0) is 14.2. The molecule has 0 aliphatic carbocycles. The minimum atomic E-state index is -4.48. The van der Waals surface area contributed by atoms with Crippen LogP contribution in [0, 0.1) is 5.41 Å². The zero-order valence-electron chi connectivity index (χ0n) is 9.37. The standard InChI is InChI=1S/C11H8BrF3N4/c12-7-5-6(10(16)17)1-2-8(7)19-4-3-9(18-19)11(13,14)15/h1-5H,(H3,16,17). The Morgan fingerprint density at radius 2 is 2.00 bits per heavy atom. The summed E-state index contributed by atoms with van der Waals surface area (Å²) in [6.07, 6.45) is -3.26. The van der Waals surface area contributed by atoms with Crippen LogP contribution >= 0.6 is 15.9 Å². The van der Waals surface area contributed by atoms with Crippen LogP contribution < -0.4 is 5.73 Å². The quantitative estimate of drug-likeness (QED) is 0.655. The van der Waals surface area contributed by atoms with Crippen LogP contribution in [-0.4, -0.2) is 15.6 Å². The summed E-state index contributed by atoms with van der Waals surface area (Å²) in [5, 5.41) is 10.7. The van der Waals surface area contributed by atoms with Gasteiger partial charge in [-0.3, -0.25) is 5.41 Å². The molecular formula is C11H8BrF3N4. The molecule has 4 nitrogen and oxygen atoms in total. The second-order valence-electron chi connectivity index (χ2n) is 3.72. The average Bonchev–Trinajstić information content (AvgIpc) is 2.77. The highest BCUT2D eigenvalue weighted by Crippen LogP contribution is 2.29. The molecule has 0 unspecified atom stereocenters. The first-order valence-electron chi connectivity index (χ1n) is 5.06. The van der Waals surface area contributed by atoms with Crippen LogP contribution in [0.4, 0.5) is 13.2 Å². The number of benzene rings is 1. The second kappa shape index (κ2) is 4.69. The summed E-state index contributed by atoms with van der Waals surface area (Å²) in [6.45, 7) is 0. The summed E-state index contributed by atoms with van der Waals surface area (Å²) < 4.78 is 39.0. The van der Waals surface area contributed by atoms with Gasteiger partial charge in [-0.2, -0.15) is 18.3 Å². The minimum absolute atomic E-state index is 0.122. The van der Waals surface area contributed by atoms with Crippen molar-refractivity contribution in [3.05, 3.63) is 46.2 Å². The van der Waals surface area contributed by atoms with Gasteiger partial charge >= 0.3 is 6.18 Å². The van der Waals surface area contributed by atoms with Gasteiger partial charge in [0.2, 0.25) is 0 Å². The van der Waals surface area contributed by atoms with Crippen LogP contribution in [0.3, 0.4) is 0 Å². The lowest BCUT2D eigenvalue weighted by molar-refractivity contribution is -0.141. The summed E-state index contributed by atoms with van der Waals surface area (Å²) in [5.74, 6) is -0.122. The van der Waals surface area contributed by atoms with E-state index >= 15 is 0 Å². The van der Waals surface area contributed by atoms with Crippen molar-refractivity contribution in [1.82, 2.24) is 9.78 Å². The van der Waals surface area contributed by atoms with E-state index in [1.165, 1.54) is 18.3 Å². The Hall–Kier alpha value is -1.83. The summed E-state index contributed by atoms with van der Waals surface area (Å²) in [4.78, 5) is 0. The van der Waals surface area contributed by atoms with Crippen molar-refractivity contribution in [2.24, 2.45) is 5.73 Å². The van der Waals surface area contributed by atoms with Gasteiger partial charge in [-0.05, 0) is 40.2 Å². The summed E-state index contributed by atoms with van der Waals surface area (Å²) in [6, 6.07) is 5.52. The molecule has 0 aliphatic rings. The normalized spacial score (nSPS) is 11.6. The van der Waals surface area contributed by atoms with E-state index in [-0.39, 0.29) is 5.84 Å². The van der Waals surface area contributed by atoms with E-state index in [2.05, 4.69) is 21.0 Å². The first-order chi connectivity index (χ1) is 8.79. The third-order valence-corrected chi connectivity index (χ3v) is 3.02. The Kier molecular flexibility index (Phi) is 3.36. The molecule has 0 saturated heterocycles. The highest BCUT2D eigenvalue weighted by atomic mass is 79.9. The van der Waals surface area contributed by atoms with E-state index in [4.69, 9.17) is 11.1 Å². The lowest BCUT2D eigenvalue weighted by atomic mass is 10.2. The number of halogens is 4. The van der Waals surface area contributed by atoms with Gasteiger partial charge in [-0.15, -0.1) is 0 Å². The third kappa shape index (κ3) is 2.78. The van der Waals surface area contributed by atoms with Gasteiger partial charge in [0.15, 0.2) is 5.69 Å². The minimum Gasteiger partial charge on any atom is -0.384 e. The molecule has 0 radical (unpaired) electrons. The molecule has 1 heterocycles. The molecule has 0 atom stereocenters. The Labute approximate surface area is 114 Å². The fourth-order valence-electron chi connectivity index (χ4n) is 1.47. The monoisotopic (exact) mass is 332 g/mol. The van der Waals surface area contributed by atoms with Crippen LogP contribution in [0.5, 0.6) is 0 Å². The first-order valence-corrected chi connectivity index (χ1v) is 5.85. The number of nitrogen functional groups attached to an aromatic ring is 1. The van der Waals surface area contributed by atoms with Crippen LogP contribution in [0.15, 0.2) is 34.9 Å². The number of hydrogen-bond donors (Lipinski definition) is 2. The molecule has 0 saturated carbocycles. The van der Waals surface area contributed by atoms with E-state index in [9.17, 15) is 13.2 Å². The van der Waals surface area contributed by atoms with E-state index in [1.54, 1.807) is 6.07 Å². The van der Waals surface area contributed by atoms with Gasteiger partial charge < -0.3 is 5.73 Å². The largest absolute Gasteiger partial charge is 0.435 e. The molecule has 0 fully saturated rings. The highest BCUT2D eigenvalue weighted by molar-refractivity contribution is 9.10. The van der Waals surface area contributed by atoms with Crippen LogP contribution in [0.1, 0.15) is 11.3 Å². The summed E-state index contributed by atoms with van der Waals surface area (Å²) in [5.41, 5.74) is 5.26. The third-order valence-electron chi connectivity index (χ3n) is 2.39. The van der Waals surface area contributed by atoms with Crippen molar-refractivity contribution in [2.45, 2.75) is 6.18 Å². The molecule has 0 aliphatic heterocycles. The van der Waals surface area contributed by atoms with E-state index in [0.717, 1.165) is 10.7 Å². The Balaban J connectivity index is 2.43. The Bertz CT molecular complexity index is 633. The topological polar surface area (TPSA) is 67.7 Å². The molecule has 2 rings (SSSR count). The maximum atomic E-state index is 12.5. The maximum Gasteiger partial charge on any atom is 0.435 e. The lowest BCUT2D eigenvalue weighted by Crippen LogP contribution is -2.11. The number of nitrogens with two attached hydrogens (primary N) is 1. The van der Waals surface area contributed by atoms with Gasteiger partial charge in [0.05, 0.1) is 5.69 Å². The molecule has 1 aromatic carbocycles. The molecule has 1 aromatic heterocycles. The number of nitrogens with one attached hydrogen (secondary N) is 1. The molecule has 2 aromatic rings.